The smallest absolute Gasteiger partial charge is 0.140 e. The van der Waals surface area contributed by atoms with Gasteiger partial charge in [-0.05, 0) is 43.5 Å². The summed E-state index contributed by atoms with van der Waals surface area (Å²) in [5, 5.41) is 10.1. The molecule has 0 aliphatic rings. The molecule has 0 fully saturated rings. The Kier molecular flexibility index (Phi) is 5.30. The molecular weight excluding hydrogens is 262 g/mol. The van der Waals surface area contributed by atoms with E-state index in [1.807, 2.05) is 24.3 Å². The van der Waals surface area contributed by atoms with Crippen molar-refractivity contribution in [3.8, 4) is 11.8 Å². The summed E-state index contributed by atoms with van der Waals surface area (Å²) in [6.07, 6.45) is 2.25. The van der Waals surface area contributed by atoms with Gasteiger partial charge in [0.25, 0.3) is 0 Å². The van der Waals surface area contributed by atoms with E-state index in [1.54, 1.807) is 12.3 Å². The number of aliphatic hydroxyl groups is 1. The molecule has 0 saturated heterocycles. The molecule has 2 aromatic rings. The zero-order valence-corrected chi connectivity index (χ0v) is 12.3. The summed E-state index contributed by atoms with van der Waals surface area (Å²) >= 11 is 0. The Hall–Kier alpha value is -2.38. The fourth-order valence-electron chi connectivity index (χ4n) is 2.05. The van der Waals surface area contributed by atoms with E-state index in [-0.39, 0.29) is 0 Å². The summed E-state index contributed by atoms with van der Waals surface area (Å²) in [4.78, 5) is 10.1. The zero-order valence-electron chi connectivity index (χ0n) is 12.3. The van der Waals surface area contributed by atoms with E-state index < -0.39 is 6.10 Å². The summed E-state index contributed by atoms with van der Waals surface area (Å²) in [6.45, 7) is 6.18. The molecule has 0 bridgehead atoms. The van der Waals surface area contributed by atoms with Gasteiger partial charge in [-0.1, -0.05) is 18.1 Å². The van der Waals surface area contributed by atoms with Crippen LogP contribution in [0.15, 0.2) is 42.9 Å². The van der Waals surface area contributed by atoms with Gasteiger partial charge < -0.3 is 10.0 Å². The van der Waals surface area contributed by atoms with Crippen LogP contribution in [0, 0.1) is 11.8 Å². The number of nitrogens with zero attached hydrogens (tertiary/aromatic N) is 3. The van der Waals surface area contributed by atoms with Crippen molar-refractivity contribution in [1.82, 2.24) is 9.97 Å². The number of hydrogen-bond acceptors (Lipinski definition) is 4. The molecule has 0 radical (unpaired) electrons. The highest BCUT2D eigenvalue weighted by atomic mass is 16.3. The molecule has 21 heavy (non-hydrogen) atoms. The average molecular weight is 281 g/mol. The largest absolute Gasteiger partial charge is 0.376 e. The molecule has 1 aromatic carbocycles. The third kappa shape index (κ3) is 4.04. The minimum absolute atomic E-state index is 0.601. The van der Waals surface area contributed by atoms with Crippen molar-refractivity contribution in [2.75, 3.05) is 18.0 Å². The van der Waals surface area contributed by atoms with Crippen LogP contribution in [0.3, 0.4) is 0 Å². The molecule has 1 heterocycles. The molecule has 0 aliphatic carbocycles. The lowest BCUT2D eigenvalue weighted by atomic mass is 10.1. The second kappa shape index (κ2) is 7.41. The molecule has 1 unspecified atom stereocenters. The SMILES string of the molecule is CCN(CC)c1ccc(C(O)C#Cc2ccncn2)cc1. The number of hydrogen-bond donors (Lipinski definition) is 1. The van der Waals surface area contributed by atoms with Crippen LogP contribution in [0.4, 0.5) is 5.69 Å². The maximum Gasteiger partial charge on any atom is 0.140 e. The van der Waals surface area contributed by atoms with Gasteiger partial charge in [0, 0.05) is 25.0 Å². The first-order chi connectivity index (χ1) is 10.2. The summed E-state index contributed by atoms with van der Waals surface area (Å²) < 4.78 is 0. The molecule has 108 valence electrons. The Morgan fingerprint density at radius 3 is 2.43 bits per heavy atom. The van der Waals surface area contributed by atoms with Gasteiger partial charge in [-0.3, -0.25) is 0 Å². The summed E-state index contributed by atoms with van der Waals surface area (Å²) in [7, 11) is 0. The van der Waals surface area contributed by atoms with E-state index in [1.165, 1.54) is 6.33 Å². The summed E-state index contributed by atoms with van der Waals surface area (Å²) in [6, 6.07) is 9.55. The lowest BCUT2D eigenvalue weighted by Gasteiger charge is -2.21. The highest BCUT2D eigenvalue weighted by Crippen LogP contribution is 2.18. The first-order valence-corrected chi connectivity index (χ1v) is 7.05. The van der Waals surface area contributed by atoms with Gasteiger partial charge in [0.15, 0.2) is 0 Å². The quantitative estimate of drug-likeness (QED) is 0.874. The maximum absolute atomic E-state index is 10.1. The maximum atomic E-state index is 10.1. The van der Waals surface area contributed by atoms with Crippen molar-refractivity contribution in [2.24, 2.45) is 0 Å². The lowest BCUT2D eigenvalue weighted by Crippen LogP contribution is -2.21. The van der Waals surface area contributed by atoms with Crippen LogP contribution >= 0.6 is 0 Å². The Morgan fingerprint density at radius 2 is 1.86 bits per heavy atom. The second-order valence-electron chi connectivity index (χ2n) is 4.53. The molecule has 4 heteroatoms. The third-order valence-electron chi connectivity index (χ3n) is 3.26. The standard InChI is InChI=1S/C17H19N3O/c1-3-20(4-2)16-8-5-14(6-9-16)17(21)10-7-15-11-12-18-13-19-15/h5-6,8-9,11-13,17,21H,3-4H2,1-2H3. The van der Waals surface area contributed by atoms with Gasteiger partial charge in [-0.15, -0.1) is 0 Å². The van der Waals surface area contributed by atoms with Gasteiger partial charge >= 0.3 is 0 Å². The number of rotatable bonds is 4. The van der Waals surface area contributed by atoms with Crippen LogP contribution < -0.4 is 4.90 Å². The van der Waals surface area contributed by atoms with Crippen molar-refractivity contribution in [1.29, 1.82) is 0 Å². The van der Waals surface area contributed by atoms with Gasteiger partial charge in [0.1, 0.15) is 18.1 Å². The predicted octanol–water partition coefficient (Wildman–Crippen LogP) is 2.41. The molecule has 1 aromatic heterocycles. The second-order valence-corrected chi connectivity index (χ2v) is 4.53. The molecule has 1 atom stereocenters. The Balaban J connectivity index is 2.10. The summed E-state index contributed by atoms with van der Waals surface area (Å²) in [5.41, 5.74) is 2.54. The van der Waals surface area contributed by atoms with Crippen molar-refractivity contribution in [2.45, 2.75) is 20.0 Å². The lowest BCUT2D eigenvalue weighted by molar-refractivity contribution is 0.238. The first kappa shape index (κ1) is 15.0. The molecule has 4 nitrogen and oxygen atoms in total. The minimum atomic E-state index is -0.814. The van der Waals surface area contributed by atoms with E-state index >= 15 is 0 Å². The first-order valence-electron chi connectivity index (χ1n) is 7.05. The minimum Gasteiger partial charge on any atom is -0.376 e. The fraction of sp³-hybridized carbons (Fsp3) is 0.294. The van der Waals surface area contributed by atoms with E-state index in [9.17, 15) is 5.11 Å². The summed E-state index contributed by atoms with van der Waals surface area (Å²) in [5.74, 6) is 5.63. The van der Waals surface area contributed by atoms with Crippen LogP contribution in [0.5, 0.6) is 0 Å². The fourth-order valence-corrected chi connectivity index (χ4v) is 2.05. The topological polar surface area (TPSA) is 49.2 Å². The van der Waals surface area contributed by atoms with Crippen LogP contribution in [0.2, 0.25) is 0 Å². The van der Waals surface area contributed by atoms with Crippen LogP contribution in [-0.2, 0) is 0 Å². The third-order valence-corrected chi connectivity index (χ3v) is 3.26. The van der Waals surface area contributed by atoms with Crippen LogP contribution in [0.1, 0.15) is 31.2 Å². The predicted molar refractivity (Wildman–Crippen MR) is 83.9 cm³/mol. The Labute approximate surface area is 125 Å². The zero-order chi connectivity index (χ0) is 15.1. The molecular formula is C17H19N3O. The molecule has 1 N–H and O–H groups in total. The normalized spacial score (nSPS) is 11.4. The molecule has 2 rings (SSSR count). The van der Waals surface area contributed by atoms with Gasteiger partial charge in [-0.2, -0.15) is 0 Å². The van der Waals surface area contributed by atoms with Gasteiger partial charge in [-0.25, -0.2) is 9.97 Å². The van der Waals surface area contributed by atoms with E-state index in [4.69, 9.17) is 0 Å². The van der Waals surface area contributed by atoms with Gasteiger partial charge in [0.2, 0.25) is 0 Å². The van der Waals surface area contributed by atoms with E-state index in [0.717, 1.165) is 24.3 Å². The highest BCUT2D eigenvalue weighted by molar-refractivity contribution is 5.48. The van der Waals surface area contributed by atoms with Gasteiger partial charge in [0.05, 0.1) is 0 Å². The van der Waals surface area contributed by atoms with E-state index in [2.05, 4.69) is 40.6 Å². The van der Waals surface area contributed by atoms with Crippen LogP contribution in [0.25, 0.3) is 0 Å². The molecule has 0 aliphatic heterocycles. The molecule has 0 saturated carbocycles. The van der Waals surface area contributed by atoms with Crippen molar-refractivity contribution in [3.05, 3.63) is 54.1 Å². The number of benzene rings is 1. The average Bonchev–Trinajstić information content (AvgIpc) is 2.55. The van der Waals surface area contributed by atoms with E-state index in [0.29, 0.717) is 5.69 Å². The number of aromatic nitrogens is 2. The Morgan fingerprint density at radius 1 is 1.14 bits per heavy atom. The van der Waals surface area contributed by atoms with Crippen molar-refractivity contribution in [3.63, 3.8) is 0 Å². The number of aliphatic hydroxyl groups excluding tert-OH is 1. The number of anilines is 1. The van der Waals surface area contributed by atoms with Crippen LogP contribution in [-0.4, -0.2) is 28.2 Å². The highest BCUT2D eigenvalue weighted by Gasteiger charge is 2.05. The Bertz CT molecular complexity index is 610. The van der Waals surface area contributed by atoms with Crippen molar-refractivity contribution < 1.29 is 5.11 Å². The van der Waals surface area contributed by atoms with Crippen molar-refractivity contribution >= 4 is 5.69 Å². The molecule has 0 spiro atoms. The monoisotopic (exact) mass is 281 g/mol. The molecule has 0 amide bonds.